The lowest BCUT2D eigenvalue weighted by atomic mass is 9.95. The van der Waals surface area contributed by atoms with E-state index in [-0.39, 0.29) is 0 Å². The second kappa shape index (κ2) is 9.54. The maximum Gasteiger partial charge on any atom is 0.0700 e. The molecule has 0 radical (unpaired) electrons. The van der Waals surface area contributed by atoms with Crippen molar-refractivity contribution in [2.45, 2.75) is 19.8 Å². The third-order valence-corrected chi connectivity index (χ3v) is 4.01. The van der Waals surface area contributed by atoms with Gasteiger partial charge in [0.15, 0.2) is 0 Å². The van der Waals surface area contributed by atoms with Gasteiger partial charge in [0.25, 0.3) is 0 Å². The van der Waals surface area contributed by atoms with Crippen LogP contribution < -0.4 is 0 Å². The number of alkyl halides is 1. The monoisotopic (exact) mass is 314 g/mol. The van der Waals surface area contributed by atoms with E-state index < -0.39 is 0 Å². The van der Waals surface area contributed by atoms with Crippen LogP contribution in [-0.4, -0.2) is 32.3 Å². The van der Waals surface area contributed by atoms with Crippen molar-refractivity contribution in [3.05, 3.63) is 35.4 Å². The van der Waals surface area contributed by atoms with Crippen molar-refractivity contribution in [1.29, 1.82) is 0 Å². The van der Waals surface area contributed by atoms with Crippen LogP contribution in [0.25, 0.3) is 0 Å². The SMILES string of the molecule is COCCOCCC(CBr)Cc1ccccc1C. The van der Waals surface area contributed by atoms with Crippen molar-refractivity contribution >= 4 is 15.9 Å². The van der Waals surface area contributed by atoms with E-state index in [0.717, 1.165) is 24.8 Å². The zero-order chi connectivity index (χ0) is 13.2. The molecule has 0 aliphatic rings. The zero-order valence-electron chi connectivity index (χ0n) is 11.3. The first-order valence-corrected chi connectivity index (χ1v) is 7.57. The van der Waals surface area contributed by atoms with Crippen molar-refractivity contribution in [3.8, 4) is 0 Å². The maximum absolute atomic E-state index is 5.53. The van der Waals surface area contributed by atoms with Crippen molar-refractivity contribution in [2.75, 3.05) is 32.3 Å². The van der Waals surface area contributed by atoms with Crippen molar-refractivity contribution in [3.63, 3.8) is 0 Å². The van der Waals surface area contributed by atoms with Gasteiger partial charge in [-0.15, -0.1) is 0 Å². The summed E-state index contributed by atoms with van der Waals surface area (Å²) in [7, 11) is 1.70. The predicted octanol–water partition coefficient (Wildman–Crippen LogP) is 3.60. The summed E-state index contributed by atoms with van der Waals surface area (Å²) in [6.07, 6.45) is 2.20. The number of hydrogen-bond acceptors (Lipinski definition) is 2. The van der Waals surface area contributed by atoms with Gasteiger partial charge in [0.2, 0.25) is 0 Å². The van der Waals surface area contributed by atoms with E-state index in [0.29, 0.717) is 19.1 Å². The van der Waals surface area contributed by atoms with Crippen molar-refractivity contribution < 1.29 is 9.47 Å². The van der Waals surface area contributed by atoms with Crippen molar-refractivity contribution in [1.82, 2.24) is 0 Å². The number of hydrogen-bond donors (Lipinski definition) is 0. The van der Waals surface area contributed by atoms with Gasteiger partial charge in [0.05, 0.1) is 13.2 Å². The fourth-order valence-corrected chi connectivity index (χ4v) is 2.43. The predicted molar refractivity (Wildman–Crippen MR) is 79.5 cm³/mol. The van der Waals surface area contributed by atoms with Crippen LogP contribution in [0, 0.1) is 12.8 Å². The Morgan fingerprint density at radius 2 is 1.94 bits per heavy atom. The number of methoxy groups -OCH3 is 1. The van der Waals surface area contributed by atoms with Crippen molar-refractivity contribution in [2.24, 2.45) is 5.92 Å². The molecule has 0 N–H and O–H groups in total. The molecular formula is C15H23BrO2. The van der Waals surface area contributed by atoms with Crippen LogP contribution >= 0.6 is 15.9 Å². The molecule has 0 aromatic heterocycles. The average Bonchev–Trinajstić information content (AvgIpc) is 2.39. The summed E-state index contributed by atoms with van der Waals surface area (Å²) in [6.45, 7) is 4.36. The molecule has 0 heterocycles. The highest BCUT2D eigenvalue weighted by atomic mass is 79.9. The molecule has 0 aliphatic carbocycles. The number of ether oxygens (including phenoxy) is 2. The molecule has 102 valence electrons. The van der Waals surface area contributed by atoms with Gasteiger partial charge >= 0.3 is 0 Å². The summed E-state index contributed by atoms with van der Waals surface area (Å²) in [6, 6.07) is 8.60. The molecule has 0 bridgehead atoms. The minimum absolute atomic E-state index is 0.633. The summed E-state index contributed by atoms with van der Waals surface area (Å²) >= 11 is 3.60. The largest absolute Gasteiger partial charge is 0.382 e. The first kappa shape index (κ1) is 15.7. The lowest BCUT2D eigenvalue weighted by molar-refractivity contribution is 0.0648. The Bertz CT molecular complexity index is 328. The normalized spacial score (nSPS) is 12.6. The number of aryl methyl sites for hydroxylation is 1. The van der Waals surface area contributed by atoms with Gasteiger partial charge in [-0.05, 0) is 36.8 Å². The Balaban J connectivity index is 2.31. The summed E-state index contributed by atoms with van der Waals surface area (Å²) < 4.78 is 10.5. The van der Waals surface area contributed by atoms with Gasteiger partial charge in [0, 0.05) is 19.0 Å². The Morgan fingerprint density at radius 3 is 2.61 bits per heavy atom. The second-order valence-corrected chi connectivity index (χ2v) is 5.19. The Hall–Kier alpha value is -0.380. The van der Waals surface area contributed by atoms with E-state index in [1.165, 1.54) is 11.1 Å². The Labute approximate surface area is 119 Å². The van der Waals surface area contributed by atoms with Gasteiger partial charge in [-0.3, -0.25) is 0 Å². The van der Waals surface area contributed by atoms with Gasteiger partial charge in [-0.1, -0.05) is 40.2 Å². The molecule has 3 heteroatoms. The molecular weight excluding hydrogens is 292 g/mol. The number of benzene rings is 1. The Morgan fingerprint density at radius 1 is 1.17 bits per heavy atom. The highest BCUT2D eigenvalue weighted by Gasteiger charge is 2.09. The van der Waals surface area contributed by atoms with E-state index in [1.54, 1.807) is 7.11 Å². The summed E-state index contributed by atoms with van der Waals surface area (Å²) in [5, 5.41) is 1.02. The van der Waals surface area contributed by atoms with Crippen LogP contribution in [0.5, 0.6) is 0 Å². The Kier molecular flexibility index (Phi) is 8.31. The summed E-state index contributed by atoms with van der Waals surface area (Å²) in [5.41, 5.74) is 2.82. The topological polar surface area (TPSA) is 18.5 Å². The van der Waals surface area contributed by atoms with E-state index in [1.807, 2.05) is 0 Å². The van der Waals surface area contributed by atoms with E-state index >= 15 is 0 Å². The molecule has 1 aromatic carbocycles. The smallest absolute Gasteiger partial charge is 0.0700 e. The average molecular weight is 315 g/mol. The van der Waals surface area contributed by atoms with E-state index in [2.05, 4.69) is 47.1 Å². The number of rotatable bonds is 9. The quantitative estimate of drug-likeness (QED) is 0.512. The third kappa shape index (κ3) is 5.98. The molecule has 1 aromatic rings. The molecule has 1 unspecified atom stereocenters. The molecule has 0 aliphatic heterocycles. The van der Waals surface area contributed by atoms with Gasteiger partial charge in [-0.2, -0.15) is 0 Å². The molecule has 0 amide bonds. The first-order chi connectivity index (χ1) is 8.77. The lowest BCUT2D eigenvalue weighted by Crippen LogP contribution is -2.12. The van der Waals surface area contributed by atoms with Crippen LogP contribution in [0.2, 0.25) is 0 Å². The summed E-state index contributed by atoms with van der Waals surface area (Å²) in [5.74, 6) is 0.633. The summed E-state index contributed by atoms with van der Waals surface area (Å²) in [4.78, 5) is 0. The highest BCUT2D eigenvalue weighted by Crippen LogP contribution is 2.17. The van der Waals surface area contributed by atoms with Crippen LogP contribution in [0.15, 0.2) is 24.3 Å². The van der Waals surface area contributed by atoms with Crippen LogP contribution in [0.1, 0.15) is 17.5 Å². The lowest BCUT2D eigenvalue weighted by Gasteiger charge is -2.15. The molecule has 18 heavy (non-hydrogen) atoms. The molecule has 1 rings (SSSR count). The third-order valence-electron chi connectivity index (χ3n) is 3.09. The first-order valence-electron chi connectivity index (χ1n) is 6.45. The second-order valence-electron chi connectivity index (χ2n) is 4.54. The van der Waals surface area contributed by atoms with Gasteiger partial charge < -0.3 is 9.47 Å². The van der Waals surface area contributed by atoms with Gasteiger partial charge in [-0.25, -0.2) is 0 Å². The minimum atomic E-state index is 0.633. The highest BCUT2D eigenvalue weighted by molar-refractivity contribution is 9.09. The van der Waals surface area contributed by atoms with Gasteiger partial charge in [0.1, 0.15) is 0 Å². The molecule has 0 spiro atoms. The maximum atomic E-state index is 5.53. The van der Waals surface area contributed by atoms with Crippen LogP contribution in [-0.2, 0) is 15.9 Å². The zero-order valence-corrected chi connectivity index (χ0v) is 12.9. The molecule has 2 nitrogen and oxygen atoms in total. The fraction of sp³-hybridized carbons (Fsp3) is 0.600. The van der Waals surface area contributed by atoms with Crippen LogP contribution in [0.3, 0.4) is 0 Å². The minimum Gasteiger partial charge on any atom is -0.382 e. The van der Waals surface area contributed by atoms with E-state index in [4.69, 9.17) is 9.47 Å². The number of halogens is 1. The van der Waals surface area contributed by atoms with E-state index in [9.17, 15) is 0 Å². The van der Waals surface area contributed by atoms with Crippen LogP contribution in [0.4, 0.5) is 0 Å². The molecule has 0 saturated heterocycles. The molecule has 1 atom stereocenters. The fourth-order valence-electron chi connectivity index (χ4n) is 1.88. The molecule has 0 fully saturated rings. The standard InChI is InChI=1S/C15H23BrO2/c1-13-5-3-4-6-15(13)11-14(12-16)7-8-18-10-9-17-2/h3-6,14H,7-12H2,1-2H3. The molecule has 0 saturated carbocycles.